The molecule has 0 spiro atoms. The zero-order chi connectivity index (χ0) is 12.8. The van der Waals surface area contributed by atoms with Gasteiger partial charge < -0.3 is 10.1 Å². The Morgan fingerprint density at radius 2 is 2.12 bits per heavy atom. The largest absolute Gasteiger partial charge is 0.380 e. The second kappa shape index (κ2) is 6.72. The minimum absolute atomic E-state index is 0.0158. The quantitative estimate of drug-likeness (QED) is 0.823. The molecule has 0 saturated carbocycles. The zero-order valence-corrected chi connectivity index (χ0v) is 11.1. The Morgan fingerprint density at radius 3 is 2.71 bits per heavy atom. The zero-order valence-electron chi connectivity index (χ0n) is 11.1. The lowest BCUT2D eigenvalue weighted by Gasteiger charge is -2.26. The van der Waals surface area contributed by atoms with Crippen molar-refractivity contribution in [2.24, 2.45) is 0 Å². The standard InChI is InChI=1S/C14H22FNO/c1-5-8-16-14(11(3)17-4)13-9-12(15)7-6-10(13)2/h6-7,9,11,14,16H,5,8H2,1-4H3. The molecule has 2 atom stereocenters. The maximum absolute atomic E-state index is 13.3. The Balaban J connectivity index is 2.98. The van der Waals surface area contributed by atoms with E-state index in [-0.39, 0.29) is 18.0 Å². The molecular weight excluding hydrogens is 217 g/mol. The van der Waals surface area contributed by atoms with E-state index < -0.39 is 0 Å². The van der Waals surface area contributed by atoms with Crippen LogP contribution in [0.25, 0.3) is 0 Å². The van der Waals surface area contributed by atoms with Gasteiger partial charge in [0.05, 0.1) is 12.1 Å². The van der Waals surface area contributed by atoms with Crippen LogP contribution < -0.4 is 5.32 Å². The van der Waals surface area contributed by atoms with Gasteiger partial charge >= 0.3 is 0 Å². The number of rotatable bonds is 6. The van der Waals surface area contributed by atoms with Crippen LogP contribution in [0.1, 0.15) is 37.4 Å². The summed E-state index contributed by atoms with van der Waals surface area (Å²) in [4.78, 5) is 0. The maximum Gasteiger partial charge on any atom is 0.123 e. The van der Waals surface area contributed by atoms with Crippen molar-refractivity contribution in [2.75, 3.05) is 13.7 Å². The average Bonchev–Trinajstić information content (AvgIpc) is 2.33. The molecule has 0 heterocycles. The number of nitrogens with one attached hydrogen (secondary N) is 1. The molecule has 0 saturated heterocycles. The molecular formula is C14H22FNO. The van der Waals surface area contributed by atoms with E-state index in [1.807, 2.05) is 19.9 Å². The molecule has 0 fully saturated rings. The molecule has 0 bridgehead atoms. The molecule has 1 aromatic carbocycles. The number of ether oxygens (including phenoxy) is 1. The number of methoxy groups -OCH3 is 1. The van der Waals surface area contributed by atoms with Crippen LogP contribution in [0, 0.1) is 12.7 Å². The van der Waals surface area contributed by atoms with Crippen molar-refractivity contribution in [1.29, 1.82) is 0 Å². The van der Waals surface area contributed by atoms with Gasteiger partial charge in [-0.2, -0.15) is 0 Å². The van der Waals surface area contributed by atoms with E-state index in [1.54, 1.807) is 13.2 Å². The van der Waals surface area contributed by atoms with Crippen molar-refractivity contribution in [1.82, 2.24) is 5.32 Å². The van der Waals surface area contributed by atoms with Gasteiger partial charge in [-0.1, -0.05) is 13.0 Å². The Hall–Kier alpha value is -0.930. The number of halogens is 1. The van der Waals surface area contributed by atoms with Crippen molar-refractivity contribution < 1.29 is 9.13 Å². The van der Waals surface area contributed by atoms with Gasteiger partial charge in [0.15, 0.2) is 0 Å². The molecule has 1 N–H and O–H groups in total. The number of hydrogen-bond donors (Lipinski definition) is 1. The van der Waals surface area contributed by atoms with Gasteiger partial charge in [0.2, 0.25) is 0 Å². The lowest BCUT2D eigenvalue weighted by Crippen LogP contribution is -2.32. The van der Waals surface area contributed by atoms with Crippen molar-refractivity contribution in [2.45, 2.75) is 39.3 Å². The third-order valence-electron chi connectivity index (χ3n) is 3.03. The number of aryl methyl sites for hydroxylation is 1. The molecule has 0 aromatic heterocycles. The normalized spacial score (nSPS) is 14.6. The van der Waals surface area contributed by atoms with E-state index in [9.17, 15) is 4.39 Å². The number of hydrogen-bond acceptors (Lipinski definition) is 2. The van der Waals surface area contributed by atoms with Crippen LogP contribution in [-0.4, -0.2) is 19.8 Å². The molecule has 0 amide bonds. The molecule has 2 unspecified atom stereocenters. The van der Waals surface area contributed by atoms with Gasteiger partial charge in [-0.15, -0.1) is 0 Å². The van der Waals surface area contributed by atoms with Gasteiger partial charge in [0.1, 0.15) is 5.82 Å². The maximum atomic E-state index is 13.3. The van der Waals surface area contributed by atoms with Crippen molar-refractivity contribution in [3.05, 3.63) is 35.1 Å². The lowest BCUT2D eigenvalue weighted by molar-refractivity contribution is 0.0827. The van der Waals surface area contributed by atoms with E-state index in [1.165, 1.54) is 6.07 Å². The van der Waals surface area contributed by atoms with Crippen molar-refractivity contribution in [3.63, 3.8) is 0 Å². The Morgan fingerprint density at radius 1 is 1.41 bits per heavy atom. The smallest absolute Gasteiger partial charge is 0.123 e. The second-order valence-electron chi connectivity index (χ2n) is 4.37. The average molecular weight is 239 g/mol. The van der Waals surface area contributed by atoms with Gasteiger partial charge in [0, 0.05) is 7.11 Å². The molecule has 0 aliphatic carbocycles. The molecule has 3 heteroatoms. The SMILES string of the molecule is CCCNC(c1cc(F)ccc1C)C(C)OC. The summed E-state index contributed by atoms with van der Waals surface area (Å²) in [5.74, 6) is -0.197. The fourth-order valence-corrected chi connectivity index (χ4v) is 1.91. The summed E-state index contributed by atoms with van der Waals surface area (Å²) in [5.41, 5.74) is 2.07. The highest BCUT2D eigenvalue weighted by molar-refractivity contribution is 5.30. The molecule has 0 radical (unpaired) electrons. The van der Waals surface area contributed by atoms with Crippen LogP contribution in [0.3, 0.4) is 0 Å². The molecule has 17 heavy (non-hydrogen) atoms. The number of benzene rings is 1. The Kier molecular flexibility index (Phi) is 5.59. The van der Waals surface area contributed by atoms with E-state index in [0.717, 1.165) is 24.1 Å². The predicted molar refractivity (Wildman–Crippen MR) is 68.6 cm³/mol. The molecule has 0 aliphatic rings. The summed E-state index contributed by atoms with van der Waals surface area (Å²) in [6, 6.07) is 4.94. The fourth-order valence-electron chi connectivity index (χ4n) is 1.91. The van der Waals surface area contributed by atoms with Gasteiger partial charge in [-0.05, 0) is 50.1 Å². The van der Waals surface area contributed by atoms with Crippen LogP contribution in [0.4, 0.5) is 4.39 Å². The van der Waals surface area contributed by atoms with Crippen LogP contribution in [0.5, 0.6) is 0 Å². The molecule has 1 aromatic rings. The summed E-state index contributed by atoms with van der Waals surface area (Å²) in [5, 5.41) is 3.41. The summed E-state index contributed by atoms with van der Waals surface area (Å²) < 4.78 is 18.7. The first-order chi connectivity index (χ1) is 8.10. The minimum Gasteiger partial charge on any atom is -0.380 e. The molecule has 0 aliphatic heterocycles. The molecule has 2 nitrogen and oxygen atoms in total. The van der Waals surface area contributed by atoms with E-state index in [2.05, 4.69) is 12.2 Å². The summed E-state index contributed by atoms with van der Waals surface area (Å²) >= 11 is 0. The Bertz CT molecular complexity index is 354. The van der Waals surface area contributed by atoms with Gasteiger partial charge in [-0.3, -0.25) is 0 Å². The molecule has 1 rings (SSSR count). The topological polar surface area (TPSA) is 21.3 Å². The third-order valence-corrected chi connectivity index (χ3v) is 3.03. The highest BCUT2D eigenvalue weighted by atomic mass is 19.1. The van der Waals surface area contributed by atoms with E-state index in [4.69, 9.17) is 4.74 Å². The highest BCUT2D eigenvalue weighted by Crippen LogP contribution is 2.23. The fraction of sp³-hybridized carbons (Fsp3) is 0.571. The second-order valence-corrected chi connectivity index (χ2v) is 4.37. The minimum atomic E-state index is -0.197. The Labute approximate surface area is 103 Å². The van der Waals surface area contributed by atoms with Gasteiger partial charge in [-0.25, -0.2) is 4.39 Å². The van der Waals surface area contributed by atoms with Crippen LogP contribution in [-0.2, 0) is 4.74 Å². The van der Waals surface area contributed by atoms with Crippen LogP contribution in [0.2, 0.25) is 0 Å². The van der Waals surface area contributed by atoms with E-state index >= 15 is 0 Å². The lowest BCUT2D eigenvalue weighted by atomic mass is 9.97. The highest BCUT2D eigenvalue weighted by Gasteiger charge is 2.20. The monoisotopic (exact) mass is 239 g/mol. The summed E-state index contributed by atoms with van der Waals surface area (Å²) in [6.45, 7) is 7.00. The predicted octanol–water partition coefficient (Wildman–Crippen LogP) is 3.21. The van der Waals surface area contributed by atoms with Gasteiger partial charge in [0.25, 0.3) is 0 Å². The third kappa shape index (κ3) is 3.79. The molecule has 96 valence electrons. The first-order valence-electron chi connectivity index (χ1n) is 6.12. The van der Waals surface area contributed by atoms with Crippen LogP contribution >= 0.6 is 0 Å². The first kappa shape index (κ1) is 14.1. The summed E-state index contributed by atoms with van der Waals surface area (Å²) in [6.07, 6.45) is 1.06. The van der Waals surface area contributed by atoms with Crippen molar-refractivity contribution in [3.8, 4) is 0 Å². The first-order valence-corrected chi connectivity index (χ1v) is 6.12. The van der Waals surface area contributed by atoms with Crippen LogP contribution in [0.15, 0.2) is 18.2 Å². The summed E-state index contributed by atoms with van der Waals surface area (Å²) in [7, 11) is 1.68. The van der Waals surface area contributed by atoms with E-state index in [0.29, 0.717) is 0 Å². The van der Waals surface area contributed by atoms with Crippen molar-refractivity contribution >= 4 is 0 Å².